The molecule has 2 saturated carbocycles. The van der Waals surface area contributed by atoms with Gasteiger partial charge in [-0.1, -0.05) is 37.8 Å². The third-order valence-corrected chi connectivity index (χ3v) is 5.38. The predicted octanol–water partition coefficient (Wildman–Crippen LogP) is 2.87. The van der Waals surface area contributed by atoms with Crippen LogP contribution in [0.5, 0.6) is 0 Å². The van der Waals surface area contributed by atoms with E-state index in [1.807, 2.05) is 6.07 Å². The van der Waals surface area contributed by atoms with E-state index in [1.165, 1.54) is 0 Å². The maximum Gasteiger partial charge on any atom is 0.253 e. The molecule has 0 bridgehead atoms. The van der Waals surface area contributed by atoms with Gasteiger partial charge in [-0.05, 0) is 37.8 Å². The largest absolute Gasteiger partial charge is 0.388 e. The summed E-state index contributed by atoms with van der Waals surface area (Å²) < 4.78 is 0. The molecule has 2 aliphatic carbocycles. The smallest absolute Gasteiger partial charge is 0.253 e. The van der Waals surface area contributed by atoms with Crippen molar-refractivity contribution in [2.75, 3.05) is 18.5 Å². The summed E-state index contributed by atoms with van der Waals surface area (Å²) in [5.74, 6) is -0.0563. The Hall–Kier alpha value is -1.88. The highest BCUT2D eigenvalue weighted by Crippen LogP contribution is 2.33. The van der Waals surface area contributed by atoms with Crippen molar-refractivity contribution >= 4 is 17.5 Å². The zero-order valence-electron chi connectivity index (χ0n) is 15.0. The molecule has 3 rings (SSSR count). The summed E-state index contributed by atoms with van der Waals surface area (Å²) in [6.45, 7) is 0.264. The molecule has 5 nitrogen and oxygen atoms in total. The van der Waals surface area contributed by atoms with Crippen LogP contribution in [0.4, 0.5) is 5.69 Å². The molecule has 0 radical (unpaired) electrons. The van der Waals surface area contributed by atoms with Crippen molar-refractivity contribution in [3.05, 3.63) is 29.8 Å². The van der Waals surface area contributed by atoms with E-state index in [4.69, 9.17) is 0 Å². The first kappa shape index (κ1) is 17.9. The summed E-state index contributed by atoms with van der Waals surface area (Å²) in [7, 11) is 1.73. The van der Waals surface area contributed by atoms with Crippen molar-refractivity contribution in [1.29, 1.82) is 0 Å². The number of rotatable bonds is 5. The topological polar surface area (TPSA) is 69.6 Å². The zero-order chi connectivity index (χ0) is 17.9. The number of nitrogens with zero attached hydrogens (tertiary/aromatic N) is 1. The SMILES string of the molecule is CN(C(=O)C1CC1)c1ccccc1C(=O)NCC1(O)CCCCCC1. The Kier molecular flexibility index (Phi) is 5.42. The van der Waals surface area contributed by atoms with Crippen molar-refractivity contribution < 1.29 is 14.7 Å². The molecule has 1 aromatic carbocycles. The molecule has 2 N–H and O–H groups in total. The van der Waals surface area contributed by atoms with Crippen LogP contribution in [0.1, 0.15) is 61.7 Å². The summed E-state index contributed by atoms with van der Waals surface area (Å²) in [6, 6.07) is 7.17. The number of para-hydroxylation sites is 1. The lowest BCUT2D eigenvalue weighted by atomic mass is 9.94. The van der Waals surface area contributed by atoms with Gasteiger partial charge in [0, 0.05) is 19.5 Å². The maximum absolute atomic E-state index is 12.7. The van der Waals surface area contributed by atoms with Gasteiger partial charge in [-0.2, -0.15) is 0 Å². The van der Waals surface area contributed by atoms with Gasteiger partial charge in [0.2, 0.25) is 5.91 Å². The Morgan fingerprint density at radius 3 is 2.44 bits per heavy atom. The number of carbonyl (C=O) groups is 2. The molecule has 25 heavy (non-hydrogen) atoms. The molecule has 0 saturated heterocycles. The molecule has 1 aromatic rings. The maximum atomic E-state index is 12.7. The van der Waals surface area contributed by atoms with Gasteiger partial charge in [-0.25, -0.2) is 0 Å². The average Bonchev–Trinajstić information content (AvgIpc) is 3.47. The van der Waals surface area contributed by atoms with Gasteiger partial charge in [0.05, 0.1) is 16.9 Å². The Morgan fingerprint density at radius 1 is 1.16 bits per heavy atom. The van der Waals surface area contributed by atoms with Crippen molar-refractivity contribution in [3.63, 3.8) is 0 Å². The number of benzene rings is 1. The van der Waals surface area contributed by atoms with Gasteiger partial charge in [-0.15, -0.1) is 0 Å². The number of nitrogens with one attached hydrogen (secondary N) is 1. The lowest BCUT2D eigenvalue weighted by Gasteiger charge is -2.27. The van der Waals surface area contributed by atoms with Crippen LogP contribution in [0.15, 0.2) is 24.3 Å². The van der Waals surface area contributed by atoms with E-state index >= 15 is 0 Å². The van der Waals surface area contributed by atoms with Crippen LogP contribution in [0.3, 0.4) is 0 Å². The van der Waals surface area contributed by atoms with E-state index in [2.05, 4.69) is 5.32 Å². The van der Waals surface area contributed by atoms with Crippen molar-refractivity contribution in [2.24, 2.45) is 5.92 Å². The summed E-state index contributed by atoms with van der Waals surface area (Å²) in [5.41, 5.74) is 0.303. The first-order chi connectivity index (χ1) is 12.0. The minimum absolute atomic E-state index is 0.0719. The monoisotopic (exact) mass is 344 g/mol. The van der Waals surface area contributed by atoms with E-state index in [1.54, 1.807) is 30.1 Å². The summed E-state index contributed by atoms with van der Waals surface area (Å²) in [6.07, 6.45) is 7.63. The number of hydrogen-bond donors (Lipinski definition) is 2. The standard InChI is InChI=1S/C20H28N2O3/c1-22(19(24)15-10-11-15)17-9-5-4-8-16(17)18(23)21-14-20(25)12-6-2-3-7-13-20/h4-5,8-9,15,25H,2-3,6-7,10-14H2,1H3,(H,21,23). The van der Waals surface area contributed by atoms with Gasteiger partial charge in [-0.3, -0.25) is 9.59 Å². The van der Waals surface area contributed by atoms with Gasteiger partial charge in [0.25, 0.3) is 5.91 Å². The third kappa shape index (κ3) is 4.40. The average molecular weight is 344 g/mol. The second-order valence-corrected chi connectivity index (χ2v) is 7.51. The molecular formula is C20H28N2O3. The molecule has 0 heterocycles. The number of hydrogen-bond acceptors (Lipinski definition) is 3. The predicted molar refractivity (Wildman–Crippen MR) is 97.6 cm³/mol. The molecule has 0 unspecified atom stereocenters. The van der Waals surface area contributed by atoms with Gasteiger partial charge >= 0.3 is 0 Å². The molecule has 136 valence electrons. The molecule has 2 fully saturated rings. The lowest BCUT2D eigenvalue weighted by Crippen LogP contribution is -2.43. The van der Waals surface area contributed by atoms with E-state index in [0.29, 0.717) is 11.3 Å². The number of amides is 2. The molecule has 2 aliphatic rings. The van der Waals surface area contributed by atoms with Crippen LogP contribution in [0.2, 0.25) is 0 Å². The minimum atomic E-state index is -0.809. The fourth-order valence-electron chi connectivity index (χ4n) is 3.58. The molecule has 0 spiro atoms. The van der Waals surface area contributed by atoms with Crippen LogP contribution in [-0.2, 0) is 4.79 Å². The van der Waals surface area contributed by atoms with E-state index < -0.39 is 5.60 Å². The Morgan fingerprint density at radius 2 is 1.80 bits per heavy atom. The lowest BCUT2D eigenvalue weighted by molar-refractivity contribution is -0.119. The molecule has 0 aliphatic heterocycles. The highest BCUT2D eigenvalue weighted by molar-refractivity contribution is 6.05. The van der Waals surface area contributed by atoms with E-state index in [9.17, 15) is 14.7 Å². The fraction of sp³-hybridized carbons (Fsp3) is 0.600. The van der Waals surface area contributed by atoms with Crippen LogP contribution >= 0.6 is 0 Å². The fourth-order valence-corrected chi connectivity index (χ4v) is 3.58. The van der Waals surface area contributed by atoms with Crippen molar-refractivity contribution in [1.82, 2.24) is 5.32 Å². The quantitative estimate of drug-likeness (QED) is 0.807. The van der Waals surface area contributed by atoms with Gasteiger partial charge in [0.15, 0.2) is 0 Å². The van der Waals surface area contributed by atoms with E-state index in [-0.39, 0.29) is 24.3 Å². The summed E-state index contributed by atoms with van der Waals surface area (Å²) in [4.78, 5) is 26.6. The summed E-state index contributed by atoms with van der Waals surface area (Å²) >= 11 is 0. The molecule has 5 heteroatoms. The Balaban J connectivity index is 1.68. The normalized spacial score (nSPS) is 19.8. The molecule has 0 aromatic heterocycles. The van der Waals surface area contributed by atoms with Crippen LogP contribution in [-0.4, -0.2) is 36.1 Å². The van der Waals surface area contributed by atoms with Crippen molar-refractivity contribution in [3.8, 4) is 0 Å². The van der Waals surface area contributed by atoms with Gasteiger partial charge in [0.1, 0.15) is 0 Å². The zero-order valence-corrected chi connectivity index (χ0v) is 15.0. The third-order valence-electron chi connectivity index (χ3n) is 5.38. The van der Waals surface area contributed by atoms with Gasteiger partial charge < -0.3 is 15.3 Å². The number of carbonyl (C=O) groups excluding carboxylic acids is 2. The Bertz CT molecular complexity index is 632. The Labute approximate surface area is 149 Å². The second-order valence-electron chi connectivity index (χ2n) is 7.51. The highest BCUT2D eigenvalue weighted by atomic mass is 16.3. The van der Waals surface area contributed by atoms with E-state index in [0.717, 1.165) is 51.4 Å². The highest BCUT2D eigenvalue weighted by Gasteiger charge is 2.34. The van der Waals surface area contributed by atoms with Crippen molar-refractivity contribution in [2.45, 2.75) is 57.0 Å². The molecule has 2 amide bonds. The number of anilines is 1. The first-order valence-corrected chi connectivity index (χ1v) is 9.37. The van der Waals surface area contributed by atoms with Crippen LogP contribution in [0, 0.1) is 5.92 Å². The first-order valence-electron chi connectivity index (χ1n) is 9.37. The summed E-state index contributed by atoms with van der Waals surface area (Å²) in [5, 5.41) is 13.6. The van der Waals surface area contributed by atoms with Crippen LogP contribution < -0.4 is 10.2 Å². The van der Waals surface area contributed by atoms with Crippen LogP contribution in [0.25, 0.3) is 0 Å². The second kappa shape index (κ2) is 7.56. The minimum Gasteiger partial charge on any atom is -0.388 e. The number of aliphatic hydroxyl groups is 1. The molecular weight excluding hydrogens is 316 g/mol. The molecule has 0 atom stereocenters.